The number of pyridine rings is 1. The summed E-state index contributed by atoms with van der Waals surface area (Å²) in [6.45, 7) is 5.67. The SMILES string of the molecule is CC(C)(C)OC(=O)N1CCN(C(=O)c2nc(-c3cc(C(F)(F)F)cc(C(F)(F)F)c3)ccc2N)CC1. The van der Waals surface area contributed by atoms with Gasteiger partial charge in [-0.05, 0) is 51.1 Å². The molecule has 2 heterocycles. The topological polar surface area (TPSA) is 88.8 Å². The van der Waals surface area contributed by atoms with Gasteiger partial charge in [-0.3, -0.25) is 4.79 Å². The summed E-state index contributed by atoms with van der Waals surface area (Å²) in [5, 5.41) is 0. The molecule has 0 unspecified atom stereocenters. The van der Waals surface area contributed by atoms with Crippen LogP contribution in [0.15, 0.2) is 30.3 Å². The molecule has 1 aliphatic rings. The second-order valence-electron chi connectivity index (χ2n) is 9.19. The van der Waals surface area contributed by atoms with E-state index in [4.69, 9.17) is 10.5 Å². The molecule has 0 bridgehead atoms. The quantitative estimate of drug-likeness (QED) is 0.562. The van der Waals surface area contributed by atoms with E-state index in [1.807, 2.05) is 0 Å². The summed E-state index contributed by atoms with van der Waals surface area (Å²) >= 11 is 0. The minimum atomic E-state index is -5.03. The predicted octanol–water partition coefficient (Wildman–Crippen LogP) is 5.06. The fraction of sp³-hybridized carbons (Fsp3) is 0.435. The molecular weight excluding hydrogens is 494 g/mol. The molecule has 0 saturated carbocycles. The van der Waals surface area contributed by atoms with Crippen molar-refractivity contribution in [3.05, 3.63) is 47.2 Å². The van der Waals surface area contributed by atoms with Gasteiger partial charge in [0.25, 0.3) is 5.91 Å². The fourth-order valence-corrected chi connectivity index (χ4v) is 3.47. The first-order valence-corrected chi connectivity index (χ1v) is 10.8. The lowest BCUT2D eigenvalue weighted by atomic mass is 10.0. The molecule has 0 aliphatic carbocycles. The summed E-state index contributed by atoms with van der Waals surface area (Å²) in [6.07, 6.45) is -10.6. The predicted molar refractivity (Wildman–Crippen MR) is 118 cm³/mol. The van der Waals surface area contributed by atoms with E-state index in [1.54, 1.807) is 20.8 Å². The first-order valence-electron chi connectivity index (χ1n) is 10.8. The normalized spacial score (nSPS) is 15.1. The molecule has 196 valence electrons. The van der Waals surface area contributed by atoms with Crippen LogP contribution in [0.2, 0.25) is 0 Å². The number of hydrogen-bond acceptors (Lipinski definition) is 5. The monoisotopic (exact) mass is 518 g/mol. The summed E-state index contributed by atoms with van der Waals surface area (Å²) in [5.74, 6) is -0.666. The molecular formula is C23H24F6N4O3. The highest BCUT2D eigenvalue weighted by Crippen LogP contribution is 2.38. The lowest BCUT2D eigenvalue weighted by Crippen LogP contribution is -2.51. The lowest BCUT2D eigenvalue weighted by Gasteiger charge is -2.35. The molecule has 0 spiro atoms. The lowest BCUT2D eigenvalue weighted by molar-refractivity contribution is -0.143. The van der Waals surface area contributed by atoms with Crippen molar-refractivity contribution in [3.63, 3.8) is 0 Å². The van der Waals surface area contributed by atoms with E-state index in [2.05, 4.69) is 4.98 Å². The summed E-state index contributed by atoms with van der Waals surface area (Å²) in [7, 11) is 0. The van der Waals surface area contributed by atoms with Gasteiger partial charge in [-0.25, -0.2) is 9.78 Å². The summed E-state index contributed by atoms with van der Waals surface area (Å²) in [6, 6.07) is 3.41. The van der Waals surface area contributed by atoms with Gasteiger partial charge in [-0.15, -0.1) is 0 Å². The number of nitrogens with zero attached hydrogens (tertiary/aromatic N) is 3. The molecule has 2 amide bonds. The van der Waals surface area contributed by atoms with Crippen LogP contribution in [0.25, 0.3) is 11.3 Å². The van der Waals surface area contributed by atoms with E-state index in [-0.39, 0.29) is 49.3 Å². The third kappa shape index (κ3) is 6.38. The van der Waals surface area contributed by atoms with Crippen molar-refractivity contribution in [1.82, 2.24) is 14.8 Å². The highest BCUT2D eigenvalue weighted by atomic mass is 19.4. The summed E-state index contributed by atoms with van der Waals surface area (Å²) in [5.41, 5.74) is 0.998. The Morgan fingerprint density at radius 1 is 0.861 bits per heavy atom. The number of nitrogens with two attached hydrogens (primary N) is 1. The van der Waals surface area contributed by atoms with Crippen LogP contribution in [0.5, 0.6) is 0 Å². The minimum absolute atomic E-state index is 0.0109. The van der Waals surface area contributed by atoms with Crippen LogP contribution in [0.3, 0.4) is 0 Å². The van der Waals surface area contributed by atoms with E-state index < -0.39 is 46.6 Å². The number of hydrogen-bond donors (Lipinski definition) is 1. The van der Waals surface area contributed by atoms with E-state index in [0.717, 1.165) is 6.07 Å². The Balaban J connectivity index is 1.87. The largest absolute Gasteiger partial charge is 0.444 e. The van der Waals surface area contributed by atoms with Crippen molar-refractivity contribution >= 4 is 17.7 Å². The Kier molecular flexibility index (Phi) is 7.15. The van der Waals surface area contributed by atoms with E-state index in [1.165, 1.54) is 15.9 Å². The number of amides is 2. The molecule has 1 fully saturated rings. The van der Waals surface area contributed by atoms with Gasteiger partial charge in [0.05, 0.1) is 22.5 Å². The van der Waals surface area contributed by atoms with Gasteiger partial charge in [0, 0.05) is 31.7 Å². The molecule has 7 nitrogen and oxygen atoms in total. The van der Waals surface area contributed by atoms with E-state index in [9.17, 15) is 35.9 Å². The summed E-state index contributed by atoms with van der Waals surface area (Å²) < 4.78 is 84.7. The minimum Gasteiger partial charge on any atom is -0.444 e. The van der Waals surface area contributed by atoms with Crippen LogP contribution in [0, 0.1) is 0 Å². The van der Waals surface area contributed by atoms with Crippen LogP contribution in [-0.2, 0) is 17.1 Å². The van der Waals surface area contributed by atoms with Crippen LogP contribution >= 0.6 is 0 Å². The Hall–Kier alpha value is -3.51. The molecule has 2 N–H and O–H groups in total. The Morgan fingerprint density at radius 3 is 1.83 bits per heavy atom. The maximum atomic E-state index is 13.2. The molecule has 2 aromatic rings. The van der Waals surface area contributed by atoms with Gasteiger partial charge in [0.15, 0.2) is 5.69 Å². The number of nitrogen functional groups attached to an aromatic ring is 1. The van der Waals surface area contributed by atoms with Crippen LogP contribution in [-0.4, -0.2) is 58.6 Å². The average Bonchev–Trinajstić information content (AvgIpc) is 2.76. The maximum Gasteiger partial charge on any atom is 0.416 e. The first-order chi connectivity index (χ1) is 16.5. The molecule has 1 aromatic heterocycles. The average molecular weight is 518 g/mol. The summed E-state index contributed by atoms with van der Waals surface area (Å²) in [4.78, 5) is 32.0. The van der Waals surface area contributed by atoms with E-state index in [0.29, 0.717) is 12.1 Å². The van der Waals surface area contributed by atoms with Crippen LogP contribution < -0.4 is 5.73 Å². The Morgan fingerprint density at radius 2 is 1.36 bits per heavy atom. The van der Waals surface area contributed by atoms with Gasteiger partial charge in [-0.2, -0.15) is 26.3 Å². The fourth-order valence-electron chi connectivity index (χ4n) is 3.47. The molecule has 1 saturated heterocycles. The highest BCUT2D eigenvalue weighted by molar-refractivity contribution is 5.98. The smallest absolute Gasteiger partial charge is 0.416 e. The highest BCUT2D eigenvalue weighted by Gasteiger charge is 2.37. The van der Waals surface area contributed by atoms with Crippen molar-refractivity contribution in [3.8, 4) is 11.3 Å². The first kappa shape index (κ1) is 27.1. The number of carbonyl (C=O) groups excluding carboxylic acids is 2. The maximum absolute atomic E-state index is 13.2. The molecule has 0 radical (unpaired) electrons. The number of halogens is 6. The zero-order valence-corrected chi connectivity index (χ0v) is 19.6. The van der Waals surface area contributed by atoms with Crippen LogP contribution in [0.1, 0.15) is 42.4 Å². The zero-order chi connectivity index (χ0) is 27.1. The third-order valence-corrected chi connectivity index (χ3v) is 5.23. The number of ether oxygens (including phenoxy) is 1. The van der Waals surface area contributed by atoms with Gasteiger partial charge in [0.1, 0.15) is 5.60 Å². The number of carbonyl (C=O) groups is 2. The second-order valence-corrected chi connectivity index (χ2v) is 9.19. The van der Waals surface area contributed by atoms with Crippen molar-refractivity contribution in [2.75, 3.05) is 31.9 Å². The zero-order valence-electron chi connectivity index (χ0n) is 19.6. The standard InChI is InChI=1S/C23H24F6N4O3/c1-21(2,3)36-20(35)33-8-6-32(7-9-33)19(34)18-16(30)4-5-17(31-18)13-10-14(22(24,25)26)12-15(11-13)23(27,28)29/h4-5,10-12H,6-9,30H2,1-3H3. The van der Waals surface area contributed by atoms with Crippen molar-refractivity contribution in [2.24, 2.45) is 0 Å². The van der Waals surface area contributed by atoms with Crippen molar-refractivity contribution in [1.29, 1.82) is 0 Å². The molecule has 1 aliphatic heterocycles. The van der Waals surface area contributed by atoms with Gasteiger partial charge in [-0.1, -0.05) is 0 Å². The van der Waals surface area contributed by atoms with Gasteiger partial charge >= 0.3 is 18.4 Å². The number of benzene rings is 1. The number of rotatable bonds is 2. The molecule has 36 heavy (non-hydrogen) atoms. The number of piperazine rings is 1. The Labute approximate surface area is 202 Å². The number of anilines is 1. The third-order valence-electron chi connectivity index (χ3n) is 5.23. The van der Waals surface area contributed by atoms with Gasteiger partial charge in [0.2, 0.25) is 0 Å². The van der Waals surface area contributed by atoms with Crippen molar-refractivity contribution in [2.45, 2.75) is 38.7 Å². The number of alkyl halides is 6. The van der Waals surface area contributed by atoms with E-state index >= 15 is 0 Å². The van der Waals surface area contributed by atoms with Crippen molar-refractivity contribution < 1.29 is 40.7 Å². The van der Waals surface area contributed by atoms with Crippen LogP contribution in [0.4, 0.5) is 36.8 Å². The Bertz CT molecular complexity index is 1120. The second kappa shape index (κ2) is 9.51. The van der Waals surface area contributed by atoms with Gasteiger partial charge < -0.3 is 20.3 Å². The molecule has 13 heteroatoms. The molecule has 3 rings (SSSR count). The molecule has 1 aromatic carbocycles. The molecule has 0 atom stereocenters. The number of aromatic nitrogens is 1.